The van der Waals surface area contributed by atoms with Crippen molar-refractivity contribution in [3.05, 3.63) is 122 Å². The number of ether oxygens (including phenoxy) is 3. The van der Waals surface area contributed by atoms with Gasteiger partial charge in [0.2, 0.25) is 0 Å². The molecule has 6 nitrogen and oxygen atoms in total. The van der Waals surface area contributed by atoms with E-state index in [1.165, 1.54) is 180 Å². The smallest absolute Gasteiger partial charge is 0.306 e. The zero-order valence-corrected chi connectivity index (χ0v) is 54.4. The van der Waals surface area contributed by atoms with Crippen molar-refractivity contribution in [2.45, 2.75) is 335 Å². The number of carbonyl (C=O) groups excluding carboxylic acids is 3. The molecule has 0 rings (SSSR count). The molecule has 0 aromatic heterocycles. The van der Waals surface area contributed by atoms with Crippen LogP contribution < -0.4 is 0 Å². The fourth-order valence-electron chi connectivity index (χ4n) is 9.68. The molecular weight excluding hydrogens is 1020 g/mol. The van der Waals surface area contributed by atoms with Crippen molar-refractivity contribution in [3.63, 3.8) is 0 Å². The average Bonchev–Trinajstić information content (AvgIpc) is 3.49. The van der Waals surface area contributed by atoms with E-state index in [0.29, 0.717) is 19.3 Å². The number of carbonyl (C=O) groups is 3. The van der Waals surface area contributed by atoms with Crippen molar-refractivity contribution in [3.8, 4) is 0 Å². The first-order valence-corrected chi connectivity index (χ1v) is 35.0. The summed E-state index contributed by atoms with van der Waals surface area (Å²) in [4.78, 5) is 38.4. The predicted octanol–water partition coefficient (Wildman–Crippen LogP) is 24.3. The Hall–Kier alpha value is -4.19. The van der Waals surface area contributed by atoms with Crippen LogP contribution >= 0.6 is 0 Å². The van der Waals surface area contributed by atoms with Gasteiger partial charge in [-0.3, -0.25) is 14.4 Å². The van der Waals surface area contributed by atoms with E-state index in [1.54, 1.807) is 0 Å². The van der Waals surface area contributed by atoms with Crippen LogP contribution in [0.5, 0.6) is 0 Å². The van der Waals surface area contributed by atoms with Gasteiger partial charge in [-0.15, -0.1) is 0 Å². The van der Waals surface area contributed by atoms with Crippen LogP contribution in [0.3, 0.4) is 0 Å². The summed E-state index contributed by atoms with van der Waals surface area (Å²) in [5.74, 6) is -0.938. The summed E-state index contributed by atoms with van der Waals surface area (Å²) in [6, 6.07) is 0. The number of esters is 3. The molecule has 0 aromatic rings. The topological polar surface area (TPSA) is 78.9 Å². The largest absolute Gasteiger partial charge is 0.462 e. The van der Waals surface area contributed by atoms with Gasteiger partial charge in [0, 0.05) is 19.3 Å². The highest BCUT2D eigenvalue weighted by Crippen LogP contribution is 2.16. The molecule has 0 bridgehead atoms. The Labute approximate surface area is 513 Å². The summed E-state index contributed by atoms with van der Waals surface area (Å²) in [5, 5.41) is 0. The van der Waals surface area contributed by atoms with Gasteiger partial charge in [0.25, 0.3) is 0 Å². The Kier molecular flexibility index (Phi) is 66.7. The molecule has 0 aliphatic carbocycles. The molecule has 0 saturated heterocycles. The third-order valence-electron chi connectivity index (χ3n) is 14.9. The van der Waals surface area contributed by atoms with Crippen molar-refractivity contribution in [2.75, 3.05) is 13.2 Å². The van der Waals surface area contributed by atoms with Crippen LogP contribution in [0.1, 0.15) is 329 Å². The molecule has 0 N–H and O–H groups in total. The lowest BCUT2D eigenvalue weighted by Gasteiger charge is -2.18. The Morgan fingerprint density at radius 1 is 0.253 bits per heavy atom. The summed E-state index contributed by atoms with van der Waals surface area (Å²) >= 11 is 0. The second-order valence-electron chi connectivity index (χ2n) is 23.1. The minimum Gasteiger partial charge on any atom is -0.462 e. The molecule has 0 fully saturated rings. The van der Waals surface area contributed by atoms with Crippen LogP contribution in [-0.2, 0) is 28.6 Å². The molecule has 0 spiro atoms. The quantitative estimate of drug-likeness (QED) is 0.0261. The van der Waals surface area contributed by atoms with Crippen LogP contribution in [0, 0.1) is 0 Å². The summed E-state index contributed by atoms with van der Waals surface area (Å²) in [6.07, 6.45) is 97.9. The van der Waals surface area contributed by atoms with Crippen LogP contribution in [0.4, 0.5) is 0 Å². The second kappa shape index (κ2) is 70.3. The molecule has 474 valence electrons. The maximum Gasteiger partial charge on any atom is 0.306 e. The molecule has 6 heteroatoms. The SMILES string of the molecule is CC/C=C\C/C=C\C/C=C\C/C=C\CCCCC(=O)OCC(COC(=O)CCCCCCCCCCCC/C=C\C/C=C\C/C=C\CCCCCCC)OC(=O)CCCCCCCCCCCC/C=C\C/C=C\C/C=C\CCCCCCC. The first-order chi connectivity index (χ1) is 41.0. The first kappa shape index (κ1) is 78.8. The zero-order chi connectivity index (χ0) is 59.9. The summed E-state index contributed by atoms with van der Waals surface area (Å²) in [5.41, 5.74) is 0. The van der Waals surface area contributed by atoms with E-state index in [4.69, 9.17) is 14.2 Å². The number of rotatable bonds is 63. The van der Waals surface area contributed by atoms with Gasteiger partial charge in [0.05, 0.1) is 0 Å². The van der Waals surface area contributed by atoms with Gasteiger partial charge in [-0.2, -0.15) is 0 Å². The first-order valence-electron chi connectivity index (χ1n) is 35.0. The molecule has 0 heterocycles. The third-order valence-corrected chi connectivity index (χ3v) is 14.9. The van der Waals surface area contributed by atoms with Crippen molar-refractivity contribution in [1.29, 1.82) is 0 Å². The molecule has 83 heavy (non-hydrogen) atoms. The van der Waals surface area contributed by atoms with Gasteiger partial charge >= 0.3 is 17.9 Å². The van der Waals surface area contributed by atoms with E-state index in [0.717, 1.165) is 109 Å². The Balaban J connectivity index is 4.39. The zero-order valence-electron chi connectivity index (χ0n) is 54.4. The maximum absolute atomic E-state index is 13.0. The molecular formula is C77H130O6. The van der Waals surface area contributed by atoms with E-state index >= 15 is 0 Å². The number of unbranched alkanes of at least 4 members (excludes halogenated alkanes) is 32. The minimum absolute atomic E-state index is 0.0965. The van der Waals surface area contributed by atoms with Crippen molar-refractivity contribution in [1.82, 2.24) is 0 Å². The highest BCUT2D eigenvalue weighted by molar-refractivity contribution is 5.71. The van der Waals surface area contributed by atoms with Crippen LogP contribution in [0.25, 0.3) is 0 Å². The fourth-order valence-corrected chi connectivity index (χ4v) is 9.68. The standard InChI is InChI=1S/C77H130O6/c1-4-7-10-13-16-19-22-25-28-30-32-34-36-38-40-42-44-46-49-52-55-58-61-64-67-70-76(79)82-73-74(72-81-75(78)69-66-63-60-57-54-51-48-27-24-21-18-15-12-9-6-3)83-77(80)71-68-65-62-59-56-53-50-47-45-43-41-39-37-35-33-31-29-26-23-20-17-14-11-8-5-2/h9,12,18,21-23,25-27,30-33,36-39,48,54,57,74H,4-8,10-11,13-17,19-20,24,28-29,34-35,40-47,49-53,55-56,58-73H2,1-3H3/b12-9-,21-18-,25-22-,26-23-,32-30-,33-31-,38-36-,39-37-,48-27-,57-54-. The van der Waals surface area contributed by atoms with E-state index in [1.807, 2.05) is 0 Å². The number of hydrogen-bond donors (Lipinski definition) is 0. The van der Waals surface area contributed by atoms with E-state index in [-0.39, 0.29) is 31.1 Å². The lowest BCUT2D eigenvalue weighted by Crippen LogP contribution is -2.30. The Morgan fingerprint density at radius 2 is 0.470 bits per heavy atom. The van der Waals surface area contributed by atoms with Gasteiger partial charge in [-0.1, -0.05) is 296 Å². The van der Waals surface area contributed by atoms with E-state index in [2.05, 4.69) is 142 Å². The molecule has 1 atom stereocenters. The number of allylic oxidation sites excluding steroid dienone is 20. The molecule has 0 aliphatic rings. The molecule has 0 saturated carbocycles. The van der Waals surface area contributed by atoms with Gasteiger partial charge < -0.3 is 14.2 Å². The number of hydrogen-bond acceptors (Lipinski definition) is 6. The summed E-state index contributed by atoms with van der Waals surface area (Å²) < 4.78 is 16.9. The average molecular weight is 1150 g/mol. The van der Waals surface area contributed by atoms with Crippen LogP contribution in [0.15, 0.2) is 122 Å². The lowest BCUT2D eigenvalue weighted by molar-refractivity contribution is -0.167. The third kappa shape index (κ3) is 68.5. The van der Waals surface area contributed by atoms with Gasteiger partial charge in [-0.25, -0.2) is 0 Å². The van der Waals surface area contributed by atoms with E-state index in [9.17, 15) is 14.4 Å². The van der Waals surface area contributed by atoms with E-state index < -0.39 is 6.10 Å². The van der Waals surface area contributed by atoms with Crippen molar-refractivity contribution in [2.24, 2.45) is 0 Å². The lowest BCUT2D eigenvalue weighted by atomic mass is 10.0. The van der Waals surface area contributed by atoms with Crippen LogP contribution in [-0.4, -0.2) is 37.2 Å². The molecule has 0 aliphatic heterocycles. The summed E-state index contributed by atoms with van der Waals surface area (Å²) in [7, 11) is 0. The Bertz CT molecular complexity index is 1700. The molecule has 0 aromatic carbocycles. The summed E-state index contributed by atoms with van der Waals surface area (Å²) in [6.45, 7) is 6.49. The van der Waals surface area contributed by atoms with Gasteiger partial charge in [0.1, 0.15) is 13.2 Å². The van der Waals surface area contributed by atoms with Gasteiger partial charge in [0.15, 0.2) is 6.10 Å². The predicted molar refractivity (Wildman–Crippen MR) is 362 cm³/mol. The maximum atomic E-state index is 13.0. The van der Waals surface area contributed by atoms with Gasteiger partial charge in [-0.05, 0) is 135 Å². The monoisotopic (exact) mass is 1150 g/mol. The highest BCUT2D eigenvalue weighted by atomic mass is 16.6. The highest BCUT2D eigenvalue weighted by Gasteiger charge is 2.19. The molecule has 0 radical (unpaired) electrons. The fraction of sp³-hybridized carbons (Fsp3) is 0.701. The van der Waals surface area contributed by atoms with Crippen molar-refractivity contribution >= 4 is 17.9 Å². The Morgan fingerprint density at radius 3 is 0.759 bits per heavy atom. The normalized spacial score (nSPS) is 12.9. The van der Waals surface area contributed by atoms with Crippen LogP contribution in [0.2, 0.25) is 0 Å². The minimum atomic E-state index is -0.805. The molecule has 1 unspecified atom stereocenters. The second-order valence-corrected chi connectivity index (χ2v) is 23.1. The van der Waals surface area contributed by atoms with Crippen molar-refractivity contribution < 1.29 is 28.6 Å². The molecule has 0 amide bonds.